The van der Waals surface area contributed by atoms with E-state index >= 15 is 0 Å². The molecule has 2 aromatic carbocycles. The van der Waals surface area contributed by atoms with Crippen LogP contribution in [0.15, 0.2) is 48.5 Å². The number of hydrogen-bond donors (Lipinski definition) is 1. The molecule has 162 valence electrons. The lowest BCUT2D eigenvalue weighted by Gasteiger charge is -2.28. The number of rotatable bonds is 7. The van der Waals surface area contributed by atoms with Gasteiger partial charge in [-0.2, -0.15) is 0 Å². The fraction of sp³-hybridized carbons (Fsp3) is 0.360. The molecule has 4 rings (SSSR count). The van der Waals surface area contributed by atoms with Gasteiger partial charge in [-0.3, -0.25) is 14.7 Å². The lowest BCUT2D eigenvalue weighted by Crippen LogP contribution is -2.37. The predicted octanol–water partition coefficient (Wildman–Crippen LogP) is 4.13. The molecule has 6 heteroatoms. The summed E-state index contributed by atoms with van der Waals surface area (Å²) in [5.41, 5.74) is 3.32. The van der Waals surface area contributed by atoms with E-state index in [2.05, 4.69) is 27.3 Å². The molecule has 31 heavy (non-hydrogen) atoms. The number of nitrogens with one attached hydrogen (secondary N) is 1. The van der Waals surface area contributed by atoms with Crippen molar-refractivity contribution in [1.82, 2.24) is 15.2 Å². The number of amides is 1. The second kappa shape index (κ2) is 9.35. The number of likely N-dealkylation sites (tertiary alicyclic amines) is 1. The van der Waals surface area contributed by atoms with Crippen LogP contribution in [-0.2, 0) is 0 Å². The van der Waals surface area contributed by atoms with Crippen molar-refractivity contribution in [2.45, 2.75) is 25.8 Å². The average Bonchev–Trinajstić information content (AvgIpc) is 3.33. The fourth-order valence-electron chi connectivity index (χ4n) is 4.22. The monoisotopic (exact) mass is 419 g/mol. The largest absolute Gasteiger partial charge is 0.497 e. The molecule has 0 aliphatic carbocycles. The van der Waals surface area contributed by atoms with Crippen molar-refractivity contribution in [3.63, 3.8) is 0 Å². The normalized spacial score (nSPS) is 15.1. The summed E-state index contributed by atoms with van der Waals surface area (Å²) >= 11 is 0. The Kier molecular flexibility index (Phi) is 6.37. The van der Waals surface area contributed by atoms with Gasteiger partial charge in [-0.15, -0.1) is 0 Å². The average molecular weight is 420 g/mol. The Morgan fingerprint density at radius 1 is 1.03 bits per heavy atom. The quantitative estimate of drug-likeness (QED) is 0.624. The Bertz CT molecular complexity index is 1060. The first kappa shape index (κ1) is 21.1. The highest BCUT2D eigenvalue weighted by Crippen LogP contribution is 2.27. The molecule has 1 amide bonds. The number of methoxy groups -OCH3 is 2. The van der Waals surface area contributed by atoms with E-state index in [1.54, 1.807) is 14.2 Å². The summed E-state index contributed by atoms with van der Waals surface area (Å²) < 4.78 is 10.6. The van der Waals surface area contributed by atoms with Crippen molar-refractivity contribution < 1.29 is 14.3 Å². The number of ether oxygens (including phenoxy) is 2. The van der Waals surface area contributed by atoms with Crippen molar-refractivity contribution in [2.75, 3.05) is 33.9 Å². The van der Waals surface area contributed by atoms with Crippen LogP contribution in [0.5, 0.6) is 11.5 Å². The highest BCUT2D eigenvalue weighted by Gasteiger charge is 2.24. The molecule has 1 atom stereocenters. The molecule has 1 aromatic heterocycles. The van der Waals surface area contributed by atoms with Crippen LogP contribution < -0.4 is 14.8 Å². The van der Waals surface area contributed by atoms with Crippen molar-refractivity contribution >= 4 is 16.8 Å². The van der Waals surface area contributed by atoms with Crippen molar-refractivity contribution in [3.8, 4) is 11.5 Å². The minimum absolute atomic E-state index is 0.0968. The molecule has 1 N–H and O–H groups in total. The molecule has 1 unspecified atom stereocenters. The maximum Gasteiger partial charge on any atom is 0.253 e. The zero-order valence-electron chi connectivity index (χ0n) is 18.4. The first-order valence-electron chi connectivity index (χ1n) is 10.7. The maximum absolute atomic E-state index is 13.1. The van der Waals surface area contributed by atoms with Crippen LogP contribution in [0.1, 0.15) is 40.5 Å². The molecular weight excluding hydrogens is 390 g/mol. The van der Waals surface area contributed by atoms with Gasteiger partial charge in [0, 0.05) is 18.0 Å². The molecule has 0 bridgehead atoms. The summed E-state index contributed by atoms with van der Waals surface area (Å²) in [6.07, 6.45) is 2.38. The van der Waals surface area contributed by atoms with Gasteiger partial charge in [-0.25, -0.2) is 0 Å². The predicted molar refractivity (Wildman–Crippen MR) is 122 cm³/mol. The second-order valence-electron chi connectivity index (χ2n) is 7.92. The minimum atomic E-state index is -0.0968. The summed E-state index contributed by atoms with van der Waals surface area (Å²) in [5.74, 6) is 1.49. The van der Waals surface area contributed by atoms with Gasteiger partial charge in [0.05, 0.1) is 37.0 Å². The lowest BCUT2D eigenvalue weighted by atomic mass is 10.0. The van der Waals surface area contributed by atoms with Gasteiger partial charge < -0.3 is 14.8 Å². The van der Waals surface area contributed by atoms with E-state index < -0.39 is 0 Å². The topological polar surface area (TPSA) is 63.7 Å². The second-order valence-corrected chi connectivity index (χ2v) is 7.92. The van der Waals surface area contributed by atoms with Gasteiger partial charge >= 0.3 is 0 Å². The van der Waals surface area contributed by atoms with Crippen LogP contribution in [-0.4, -0.2) is 49.6 Å². The Hall–Kier alpha value is -3.12. The highest BCUT2D eigenvalue weighted by molar-refractivity contribution is 5.98. The summed E-state index contributed by atoms with van der Waals surface area (Å²) in [6, 6.07) is 15.9. The lowest BCUT2D eigenvalue weighted by molar-refractivity contribution is 0.0937. The molecule has 1 fully saturated rings. The van der Waals surface area contributed by atoms with Crippen LogP contribution in [0.3, 0.4) is 0 Å². The third-order valence-electron chi connectivity index (χ3n) is 6.00. The van der Waals surface area contributed by atoms with Gasteiger partial charge in [0.2, 0.25) is 0 Å². The zero-order chi connectivity index (χ0) is 21.8. The number of nitrogens with zero attached hydrogens (tertiary/aromatic N) is 2. The zero-order valence-corrected chi connectivity index (χ0v) is 18.4. The van der Waals surface area contributed by atoms with E-state index in [0.29, 0.717) is 17.8 Å². The molecular formula is C25H29N3O3. The van der Waals surface area contributed by atoms with E-state index in [0.717, 1.165) is 35.5 Å². The number of pyridine rings is 1. The van der Waals surface area contributed by atoms with Crippen LogP contribution in [0.2, 0.25) is 0 Å². The number of benzene rings is 2. The SMILES string of the molecule is COc1ccc(C(CNC(=O)c2cc3ccc(OC)cc3nc2C)N2CCCC2)cc1. The fourth-order valence-corrected chi connectivity index (χ4v) is 4.22. The number of carbonyl (C=O) groups excluding carboxylic acids is 1. The summed E-state index contributed by atoms with van der Waals surface area (Å²) in [4.78, 5) is 20.1. The van der Waals surface area contributed by atoms with Crippen molar-refractivity contribution in [1.29, 1.82) is 0 Å². The van der Waals surface area contributed by atoms with Crippen molar-refractivity contribution in [3.05, 3.63) is 65.4 Å². The Labute approximate surface area is 183 Å². The highest BCUT2D eigenvalue weighted by atomic mass is 16.5. The van der Waals surface area contributed by atoms with Gasteiger partial charge in [0.25, 0.3) is 5.91 Å². The molecule has 1 aliphatic rings. The molecule has 0 spiro atoms. The van der Waals surface area contributed by atoms with Crippen LogP contribution >= 0.6 is 0 Å². The molecule has 1 saturated heterocycles. The van der Waals surface area contributed by atoms with Gasteiger partial charge in [-0.1, -0.05) is 12.1 Å². The van der Waals surface area contributed by atoms with E-state index in [1.807, 2.05) is 43.3 Å². The third kappa shape index (κ3) is 4.64. The van der Waals surface area contributed by atoms with Crippen LogP contribution in [0.4, 0.5) is 0 Å². The number of carbonyl (C=O) groups is 1. The molecule has 6 nitrogen and oxygen atoms in total. The van der Waals surface area contributed by atoms with Crippen molar-refractivity contribution in [2.24, 2.45) is 0 Å². The minimum Gasteiger partial charge on any atom is -0.497 e. The number of aromatic nitrogens is 1. The molecule has 1 aliphatic heterocycles. The van der Waals surface area contributed by atoms with Gasteiger partial charge in [0.1, 0.15) is 11.5 Å². The summed E-state index contributed by atoms with van der Waals surface area (Å²) in [6.45, 7) is 4.51. The molecule has 2 heterocycles. The van der Waals surface area contributed by atoms with Crippen LogP contribution in [0.25, 0.3) is 10.9 Å². The number of aryl methyl sites for hydroxylation is 1. The third-order valence-corrected chi connectivity index (χ3v) is 6.00. The summed E-state index contributed by atoms with van der Waals surface area (Å²) in [5, 5.41) is 4.07. The molecule has 0 radical (unpaired) electrons. The van der Waals surface area contributed by atoms with Crippen LogP contribution in [0, 0.1) is 6.92 Å². The Morgan fingerprint density at radius 2 is 1.71 bits per heavy atom. The molecule has 0 saturated carbocycles. The van der Waals surface area contributed by atoms with E-state index in [1.165, 1.54) is 18.4 Å². The number of fused-ring (bicyclic) bond motifs is 1. The number of hydrogen-bond acceptors (Lipinski definition) is 5. The molecule has 3 aromatic rings. The smallest absolute Gasteiger partial charge is 0.253 e. The maximum atomic E-state index is 13.1. The van der Waals surface area contributed by atoms with E-state index in [9.17, 15) is 4.79 Å². The standard InChI is InChI=1S/C25H29N3O3/c1-17-22(14-19-8-11-21(31-3)15-23(19)27-17)25(29)26-16-24(28-12-4-5-13-28)18-6-9-20(30-2)10-7-18/h6-11,14-15,24H,4-5,12-13,16H2,1-3H3,(H,26,29). The van der Waals surface area contributed by atoms with Gasteiger partial charge in [-0.05, 0) is 68.8 Å². The van der Waals surface area contributed by atoms with E-state index in [-0.39, 0.29) is 11.9 Å². The van der Waals surface area contributed by atoms with E-state index in [4.69, 9.17) is 9.47 Å². The first-order chi connectivity index (χ1) is 15.1. The first-order valence-corrected chi connectivity index (χ1v) is 10.7. The summed E-state index contributed by atoms with van der Waals surface area (Å²) in [7, 11) is 3.30. The Morgan fingerprint density at radius 3 is 2.39 bits per heavy atom. The Balaban J connectivity index is 1.53. The van der Waals surface area contributed by atoms with Gasteiger partial charge in [0.15, 0.2) is 0 Å².